The third-order valence-corrected chi connectivity index (χ3v) is 1.86. The molecule has 0 fully saturated rings. The van der Waals surface area contributed by atoms with Gasteiger partial charge in [-0.15, -0.1) is 0 Å². The summed E-state index contributed by atoms with van der Waals surface area (Å²) in [6.45, 7) is 0. The van der Waals surface area contributed by atoms with Gasteiger partial charge in [-0.2, -0.15) is 0 Å². The van der Waals surface area contributed by atoms with Crippen LogP contribution in [-0.4, -0.2) is 18.0 Å². The molecule has 1 aromatic carbocycles. The van der Waals surface area contributed by atoms with Gasteiger partial charge < -0.3 is 9.84 Å². The number of esters is 1. The maximum absolute atomic E-state index is 12.8. The molecule has 1 rings (SSSR count). The summed E-state index contributed by atoms with van der Waals surface area (Å²) in [5, 5.41) is 21.7. The Morgan fingerprint density at radius 3 is 2.61 bits per heavy atom. The molecule has 0 unspecified atom stereocenters. The topological polar surface area (TPSA) is 92.5 Å². The summed E-state index contributed by atoms with van der Waals surface area (Å²) in [4.78, 5) is 20.6. The number of benzene rings is 1. The number of methoxy groups -OCH3 is 1. The minimum absolute atomic E-state index is 0. The van der Waals surface area contributed by atoms with Crippen LogP contribution in [0.25, 0.3) is 6.08 Å². The van der Waals surface area contributed by atoms with Crippen molar-refractivity contribution in [3.05, 3.63) is 45.5 Å². The van der Waals surface area contributed by atoms with Crippen LogP contribution in [0.2, 0.25) is 0 Å². The number of rotatable bonds is 3. The van der Waals surface area contributed by atoms with Gasteiger partial charge in [-0.25, -0.2) is 9.18 Å². The van der Waals surface area contributed by atoms with Crippen molar-refractivity contribution in [1.29, 1.82) is 0 Å². The average Bonchev–Trinajstić information content (AvgIpc) is 2.29. The Morgan fingerprint density at radius 1 is 1.50 bits per heavy atom. The Morgan fingerprint density at radius 2 is 2.11 bits per heavy atom. The molecule has 0 aliphatic heterocycles. The number of nitrogens with zero attached hydrogens (tertiary/aromatic N) is 1. The van der Waals surface area contributed by atoms with Gasteiger partial charge in [0.15, 0.2) is 0 Å². The van der Waals surface area contributed by atoms with E-state index in [-0.39, 0.29) is 56.9 Å². The van der Waals surface area contributed by atoms with Gasteiger partial charge in [-0.05, 0) is 24.0 Å². The normalized spacial score (nSPS) is 10.4. The van der Waals surface area contributed by atoms with E-state index >= 15 is 0 Å². The Kier molecular flexibility index (Phi) is 7.25. The molecule has 0 saturated heterocycles. The summed E-state index contributed by atoms with van der Waals surface area (Å²) in [6.07, 6.45) is 0.726. The van der Waals surface area contributed by atoms with Crippen LogP contribution in [0.3, 0.4) is 0 Å². The zero-order chi connectivity index (χ0) is 13.0. The van der Waals surface area contributed by atoms with E-state index < -0.39 is 28.2 Å². The third-order valence-electron chi connectivity index (χ3n) is 1.86. The Hall–Kier alpha value is -0.804. The van der Waals surface area contributed by atoms with Crippen LogP contribution in [0.4, 0.5) is 10.1 Å². The van der Waals surface area contributed by atoms with Crippen molar-refractivity contribution in [2.45, 2.75) is 0 Å². The molecule has 0 amide bonds. The van der Waals surface area contributed by atoms with Gasteiger partial charge in [0, 0.05) is 0 Å². The predicted molar refractivity (Wildman–Crippen MR) is 53.0 cm³/mol. The second-order valence-electron chi connectivity index (χ2n) is 2.96. The molecule has 6 nitrogen and oxygen atoms in total. The van der Waals surface area contributed by atoms with Crippen molar-refractivity contribution in [2.24, 2.45) is 0 Å². The van der Waals surface area contributed by atoms with E-state index in [1.54, 1.807) is 0 Å². The largest absolute Gasteiger partial charge is 1.00 e. The van der Waals surface area contributed by atoms with Crippen LogP contribution < -0.4 is 56.5 Å². The first-order chi connectivity index (χ1) is 7.95. The van der Waals surface area contributed by atoms with Crippen LogP contribution in [0, 0.1) is 15.9 Å². The van der Waals surface area contributed by atoms with Crippen LogP contribution >= 0.6 is 0 Å². The third kappa shape index (κ3) is 4.46. The Labute approximate surface area is 144 Å². The summed E-state index contributed by atoms with van der Waals surface area (Å²) in [6, 6.07) is 2.65. The van der Waals surface area contributed by atoms with Gasteiger partial charge in [0.1, 0.15) is 5.82 Å². The summed E-state index contributed by atoms with van der Waals surface area (Å²) >= 11 is 0. The molecule has 0 saturated carbocycles. The van der Waals surface area contributed by atoms with E-state index in [1.807, 2.05) is 0 Å². The fourth-order valence-electron chi connectivity index (χ4n) is 1.10. The molecule has 1 aromatic rings. The minimum atomic E-state index is -1.15. The molecule has 8 heteroatoms. The molecule has 0 atom stereocenters. The maximum Gasteiger partial charge on any atom is 1.00 e. The van der Waals surface area contributed by atoms with Gasteiger partial charge >= 0.3 is 57.4 Å². The first-order valence-electron chi connectivity index (χ1n) is 4.36. The van der Waals surface area contributed by atoms with Gasteiger partial charge in [0.05, 0.1) is 23.7 Å². The van der Waals surface area contributed by atoms with E-state index in [1.165, 1.54) is 0 Å². The number of carbonyl (C=O) groups excluding carboxylic acids is 1. The van der Waals surface area contributed by atoms with Crippen molar-refractivity contribution >= 4 is 17.7 Å². The summed E-state index contributed by atoms with van der Waals surface area (Å²) in [5.41, 5.74) is -0.756. The molecule has 0 bridgehead atoms. The molecule has 90 valence electrons. The smallest absolute Gasteiger partial charge is 0.868 e. The van der Waals surface area contributed by atoms with E-state index in [4.69, 9.17) is 0 Å². The monoisotopic (exact) mass is 279 g/mol. The Bertz CT molecular complexity index is 503. The maximum atomic E-state index is 12.8. The number of nitro benzene ring substituents is 1. The van der Waals surface area contributed by atoms with Crippen LogP contribution in [-0.2, 0) is 9.53 Å². The van der Waals surface area contributed by atoms with Crippen LogP contribution in [0.1, 0.15) is 5.56 Å². The summed E-state index contributed by atoms with van der Waals surface area (Å²) < 4.78 is 16.9. The Balaban J connectivity index is 0.00000289. The fourth-order valence-corrected chi connectivity index (χ4v) is 1.10. The van der Waals surface area contributed by atoms with Gasteiger partial charge in [0.25, 0.3) is 5.69 Å². The van der Waals surface area contributed by atoms with E-state index in [0.29, 0.717) is 6.07 Å². The van der Waals surface area contributed by atoms with Crippen LogP contribution in [0.5, 0.6) is 0 Å². The quantitative estimate of drug-likeness (QED) is 0.154. The van der Waals surface area contributed by atoms with Crippen LogP contribution in [0.15, 0.2) is 24.0 Å². The molecule has 0 aliphatic rings. The van der Waals surface area contributed by atoms with E-state index in [2.05, 4.69) is 4.74 Å². The van der Waals surface area contributed by atoms with E-state index in [9.17, 15) is 24.4 Å². The minimum Gasteiger partial charge on any atom is -0.868 e. The van der Waals surface area contributed by atoms with Gasteiger partial charge in [-0.3, -0.25) is 10.1 Å². The van der Waals surface area contributed by atoms with Crippen molar-refractivity contribution < 1.29 is 75.3 Å². The SMILES string of the molecule is COC(=O)/C([O-])=C\c1ccc(F)cc1[N+](=O)[O-].[K+]. The van der Waals surface area contributed by atoms with Crippen molar-refractivity contribution in [3.63, 3.8) is 0 Å². The number of halogens is 1. The molecule has 0 radical (unpaired) electrons. The molecular formula is C10H7FKNO5. The number of nitro groups is 1. The number of carbonyl (C=O) groups is 1. The van der Waals surface area contributed by atoms with E-state index in [0.717, 1.165) is 25.3 Å². The predicted octanol–water partition coefficient (Wildman–Crippen LogP) is -2.39. The van der Waals surface area contributed by atoms with Crippen molar-refractivity contribution in [2.75, 3.05) is 7.11 Å². The number of hydrogen-bond donors (Lipinski definition) is 0. The number of hydrogen-bond acceptors (Lipinski definition) is 5. The second kappa shape index (κ2) is 7.59. The van der Waals surface area contributed by atoms with Crippen molar-refractivity contribution in [1.82, 2.24) is 0 Å². The molecule has 0 aliphatic carbocycles. The van der Waals surface area contributed by atoms with Gasteiger partial charge in [0.2, 0.25) is 0 Å². The average molecular weight is 279 g/mol. The molecule has 0 aromatic heterocycles. The number of ether oxygens (including phenoxy) is 1. The molecule has 0 spiro atoms. The zero-order valence-electron chi connectivity index (χ0n) is 9.68. The molecular weight excluding hydrogens is 272 g/mol. The second-order valence-corrected chi connectivity index (χ2v) is 2.96. The standard InChI is InChI=1S/C10H8FNO5.K/c1-17-10(14)9(13)4-6-2-3-7(11)5-8(6)12(15)16;/h2-5,13H,1H3;/q;+1/p-1/b9-4+;. The summed E-state index contributed by atoms with van der Waals surface area (Å²) in [7, 11) is 1.01. The molecule has 0 heterocycles. The first-order valence-corrected chi connectivity index (χ1v) is 4.36. The van der Waals surface area contributed by atoms with Gasteiger partial charge in [-0.1, -0.05) is 0 Å². The van der Waals surface area contributed by atoms with Crippen molar-refractivity contribution in [3.8, 4) is 0 Å². The fraction of sp³-hybridized carbons (Fsp3) is 0.100. The molecule has 0 N–H and O–H groups in total. The first kappa shape index (κ1) is 17.2. The molecule has 18 heavy (non-hydrogen) atoms. The summed E-state index contributed by atoms with van der Waals surface area (Å²) in [5.74, 6) is -3.01. The zero-order valence-corrected chi connectivity index (χ0v) is 12.8.